The first kappa shape index (κ1) is 32.6. The quantitative estimate of drug-likeness (QED) is 0.216. The molecule has 0 aliphatic rings. The number of hydrogen-bond donors (Lipinski definition) is 1. The molecule has 42 heavy (non-hydrogen) atoms. The van der Waals surface area contributed by atoms with Crippen LogP contribution in [0.2, 0.25) is 5.02 Å². The molecule has 0 saturated carbocycles. The molecule has 0 aliphatic heterocycles. The number of nitro groups is 1. The molecule has 0 unspecified atom stereocenters. The molecule has 0 bridgehead atoms. The maximum atomic E-state index is 14.2. The van der Waals surface area contributed by atoms with Gasteiger partial charge in [0.15, 0.2) is 0 Å². The Bertz CT molecular complexity index is 1530. The number of aryl methyl sites for hydroxylation is 1. The Morgan fingerprint density at radius 2 is 1.69 bits per heavy atom. The summed E-state index contributed by atoms with van der Waals surface area (Å²) in [5, 5.41) is 14.9. The van der Waals surface area contributed by atoms with E-state index in [-0.39, 0.29) is 36.3 Å². The third kappa shape index (κ3) is 8.77. The third-order valence-corrected chi connectivity index (χ3v) is 8.23. The molecule has 12 heteroatoms. The second-order valence-electron chi connectivity index (χ2n) is 10.2. The van der Waals surface area contributed by atoms with Crippen LogP contribution in [0.25, 0.3) is 0 Å². The number of hydrogen-bond acceptors (Lipinski definition) is 6. The van der Waals surface area contributed by atoms with E-state index in [2.05, 4.69) is 5.32 Å². The Hall–Kier alpha value is -3.96. The van der Waals surface area contributed by atoms with E-state index in [9.17, 15) is 28.1 Å². The molecule has 3 rings (SSSR count). The summed E-state index contributed by atoms with van der Waals surface area (Å²) in [5.74, 6) is -1.05. The van der Waals surface area contributed by atoms with E-state index < -0.39 is 33.4 Å². The van der Waals surface area contributed by atoms with Crippen LogP contribution in [0.1, 0.15) is 37.0 Å². The summed E-state index contributed by atoms with van der Waals surface area (Å²) in [7, 11) is -4.08. The standard InChI is InChI=1S/C30H35ClN4O6S/c1-5-22(3)32-30(37)28(17-23-10-7-6-8-11-23)33(19-24-12-9-13-25(31)16-24)29(36)20-34(42(4,40)41)27-18-26(35(38)39)15-14-21(27)2/h6-16,18,22,28H,5,17,19-20H2,1-4H3,(H,32,37)/t22-,28+/m0/s1. The zero-order chi connectivity index (χ0) is 31.0. The number of nitro benzene ring substituents is 1. The summed E-state index contributed by atoms with van der Waals surface area (Å²) in [6.07, 6.45) is 1.76. The van der Waals surface area contributed by atoms with Gasteiger partial charge in [-0.05, 0) is 49.1 Å². The van der Waals surface area contributed by atoms with Crippen LogP contribution in [0, 0.1) is 17.0 Å². The topological polar surface area (TPSA) is 130 Å². The Labute approximate surface area is 251 Å². The van der Waals surface area contributed by atoms with Crippen molar-refractivity contribution in [1.29, 1.82) is 0 Å². The zero-order valence-corrected chi connectivity index (χ0v) is 25.6. The Balaban J connectivity index is 2.11. The van der Waals surface area contributed by atoms with E-state index in [4.69, 9.17) is 11.6 Å². The predicted molar refractivity (Wildman–Crippen MR) is 164 cm³/mol. The Morgan fingerprint density at radius 1 is 1.02 bits per heavy atom. The normalized spacial score (nSPS) is 12.7. The van der Waals surface area contributed by atoms with Crippen molar-refractivity contribution in [2.75, 3.05) is 17.1 Å². The van der Waals surface area contributed by atoms with E-state index in [1.807, 2.05) is 44.2 Å². The fourth-order valence-corrected chi connectivity index (χ4v) is 5.51. The van der Waals surface area contributed by atoms with Crippen molar-refractivity contribution in [2.45, 2.75) is 52.2 Å². The van der Waals surface area contributed by atoms with Gasteiger partial charge in [0.05, 0.1) is 16.9 Å². The van der Waals surface area contributed by atoms with Crippen molar-refractivity contribution < 1.29 is 22.9 Å². The molecule has 3 aromatic rings. The molecule has 2 amide bonds. The van der Waals surface area contributed by atoms with E-state index in [0.717, 1.165) is 22.2 Å². The number of amides is 2. The highest BCUT2D eigenvalue weighted by molar-refractivity contribution is 7.92. The summed E-state index contributed by atoms with van der Waals surface area (Å²) in [5.41, 5.74) is 1.56. The molecule has 0 aliphatic carbocycles. The average molecular weight is 615 g/mol. The van der Waals surface area contributed by atoms with Gasteiger partial charge in [0, 0.05) is 36.2 Å². The van der Waals surface area contributed by atoms with Gasteiger partial charge in [-0.25, -0.2) is 8.42 Å². The summed E-state index contributed by atoms with van der Waals surface area (Å²) in [4.78, 5) is 40.0. The predicted octanol–water partition coefficient (Wildman–Crippen LogP) is 4.88. The number of anilines is 1. The van der Waals surface area contributed by atoms with Crippen molar-refractivity contribution >= 4 is 44.8 Å². The fraction of sp³-hybridized carbons (Fsp3) is 0.333. The highest BCUT2D eigenvalue weighted by Crippen LogP contribution is 2.28. The van der Waals surface area contributed by atoms with Crippen LogP contribution < -0.4 is 9.62 Å². The largest absolute Gasteiger partial charge is 0.352 e. The van der Waals surface area contributed by atoms with Crippen LogP contribution in [-0.4, -0.2) is 54.9 Å². The van der Waals surface area contributed by atoms with Gasteiger partial charge in [-0.2, -0.15) is 0 Å². The first-order valence-electron chi connectivity index (χ1n) is 13.4. The molecule has 0 radical (unpaired) electrons. The fourth-order valence-electron chi connectivity index (χ4n) is 4.40. The number of non-ortho nitro benzene ring substituents is 1. The molecule has 0 heterocycles. The number of carbonyl (C=O) groups excluding carboxylic acids is 2. The summed E-state index contributed by atoms with van der Waals surface area (Å²) >= 11 is 6.22. The smallest absolute Gasteiger partial charge is 0.271 e. The van der Waals surface area contributed by atoms with Gasteiger partial charge in [-0.15, -0.1) is 0 Å². The van der Waals surface area contributed by atoms with Crippen molar-refractivity contribution in [3.8, 4) is 0 Å². The second-order valence-corrected chi connectivity index (χ2v) is 12.5. The van der Waals surface area contributed by atoms with Crippen LogP contribution in [-0.2, 0) is 32.6 Å². The van der Waals surface area contributed by atoms with Crippen LogP contribution in [0.15, 0.2) is 72.8 Å². The van der Waals surface area contributed by atoms with Crippen LogP contribution in [0.4, 0.5) is 11.4 Å². The average Bonchev–Trinajstić information content (AvgIpc) is 2.93. The van der Waals surface area contributed by atoms with Gasteiger partial charge in [0.2, 0.25) is 21.8 Å². The molecule has 3 aromatic carbocycles. The number of carbonyl (C=O) groups is 2. The molecular formula is C30H35ClN4O6S. The SMILES string of the molecule is CC[C@H](C)NC(=O)[C@@H](Cc1ccccc1)N(Cc1cccc(Cl)c1)C(=O)CN(c1cc([N+](=O)[O-])ccc1C)S(C)(=O)=O. The van der Waals surface area contributed by atoms with Crippen molar-refractivity contribution in [1.82, 2.24) is 10.2 Å². The third-order valence-electron chi connectivity index (χ3n) is 6.87. The molecule has 224 valence electrons. The number of halogens is 1. The molecular weight excluding hydrogens is 580 g/mol. The maximum Gasteiger partial charge on any atom is 0.271 e. The molecule has 0 saturated heterocycles. The monoisotopic (exact) mass is 614 g/mol. The molecule has 2 atom stereocenters. The summed E-state index contributed by atoms with van der Waals surface area (Å²) in [6, 6.07) is 18.7. The zero-order valence-electron chi connectivity index (χ0n) is 24.0. The highest BCUT2D eigenvalue weighted by atomic mass is 35.5. The van der Waals surface area contributed by atoms with Gasteiger partial charge in [-0.3, -0.25) is 24.0 Å². The number of sulfonamides is 1. The lowest BCUT2D eigenvalue weighted by Crippen LogP contribution is -2.54. The molecule has 1 N–H and O–H groups in total. The van der Waals surface area contributed by atoms with E-state index in [0.29, 0.717) is 22.6 Å². The minimum Gasteiger partial charge on any atom is -0.352 e. The van der Waals surface area contributed by atoms with Crippen LogP contribution >= 0.6 is 11.6 Å². The van der Waals surface area contributed by atoms with Gasteiger partial charge >= 0.3 is 0 Å². The molecule has 10 nitrogen and oxygen atoms in total. The van der Waals surface area contributed by atoms with Gasteiger partial charge < -0.3 is 10.2 Å². The molecule has 0 spiro atoms. The van der Waals surface area contributed by atoms with Crippen LogP contribution in [0.5, 0.6) is 0 Å². The highest BCUT2D eigenvalue weighted by Gasteiger charge is 2.34. The van der Waals surface area contributed by atoms with Crippen LogP contribution in [0.3, 0.4) is 0 Å². The minimum absolute atomic E-state index is 0.00595. The number of nitrogens with zero attached hydrogens (tertiary/aromatic N) is 3. The van der Waals surface area contributed by atoms with Crippen molar-refractivity contribution in [3.63, 3.8) is 0 Å². The lowest BCUT2D eigenvalue weighted by molar-refractivity contribution is -0.384. The van der Waals surface area contributed by atoms with E-state index in [1.165, 1.54) is 17.0 Å². The van der Waals surface area contributed by atoms with E-state index in [1.54, 1.807) is 31.2 Å². The Morgan fingerprint density at radius 3 is 2.29 bits per heavy atom. The second kappa shape index (κ2) is 14.3. The van der Waals surface area contributed by atoms with Gasteiger partial charge in [0.25, 0.3) is 5.69 Å². The first-order chi connectivity index (χ1) is 19.8. The van der Waals surface area contributed by atoms with Crippen molar-refractivity contribution in [3.05, 3.63) is 105 Å². The minimum atomic E-state index is -4.08. The maximum absolute atomic E-state index is 14.2. The first-order valence-corrected chi connectivity index (χ1v) is 15.6. The van der Waals surface area contributed by atoms with Gasteiger partial charge in [-0.1, -0.05) is 67.1 Å². The summed E-state index contributed by atoms with van der Waals surface area (Å²) < 4.78 is 26.8. The molecule has 0 aromatic heterocycles. The number of rotatable bonds is 13. The Kier molecular flexibility index (Phi) is 11.1. The summed E-state index contributed by atoms with van der Waals surface area (Å²) in [6.45, 7) is 4.68. The van der Waals surface area contributed by atoms with Crippen molar-refractivity contribution in [2.24, 2.45) is 0 Å². The molecule has 0 fully saturated rings. The number of benzene rings is 3. The lowest BCUT2D eigenvalue weighted by Gasteiger charge is -2.34. The van der Waals surface area contributed by atoms with E-state index >= 15 is 0 Å². The van der Waals surface area contributed by atoms with Gasteiger partial charge in [0.1, 0.15) is 12.6 Å². The number of nitrogens with one attached hydrogen (secondary N) is 1. The lowest BCUT2D eigenvalue weighted by atomic mass is 10.0.